The molecule has 3 aliphatic rings. The first-order valence-electron chi connectivity index (χ1n) is 12.8. The van der Waals surface area contributed by atoms with Crippen molar-refractivity contribution >= 4 is 23.4 Å². The van der Waals surface area contributed by atoms with Gasteiger partial charge in [-0.3, -0.25) is 14.4 Å². The predicted octanol–water partition coefficient (Wildman–Crippen LogP) is 3.39. The molecule has 0 aliphatic carbocycles. The van der Waals surface area contributed by atoms with Crippen molar-refractivity contribution in [1.82, 2.24) is 9.80 Å². The molecule has 0 saturated carbocycles. The molecule has 1 fully saturated rings. The van der Waals surface area contributed by atoms with Crippen LogP contribution in [0.15, 0.2) is 42.5 Å². The summed E-state index contributed by atoms with van der Waals surface area (Å²) < 4.78 is 12.4. The normalized spacial score (nSPS) is 23.4. The van der Waals surface area contributed by atoms with Crippen molar-refractivity contribution in [3.05, 3.63) is 59.2 Å². The standard InChI is InChI=1S/C28H33N3O5/c1-3-26(32)29-20-8-11-24-22(14-20)28(34)30(2)23-10-9-21(36-25(23)17-35-24)15-27(33)31-13-12-18-6-4-5-7-19(18)16-31/h4-8,11,14,21,23,25H,3,9-10,12-13,15-17H2,1-2H3,(H,29,32)/t21-,23+,25-/m0/s1. The van der Waals surface area contributed by atoms with Gasteiger partial charge in [-0.15, -0.1) is 0 Å². The van der Waals surface area contributed by atoms with Gasteiger partial charge in [-0.05, 0) is 48.6 Å². The summed E-state index contributed by atoms with van der Waals surface area (Å²) in [4.78, 5) is 41.9. The van der Waals surface area contributed by atoms with E-state index in [1.165, 1.54) is 11.1 Å². The zero-order valence-electron chi connectivity index (χ0n) is 20.9. The number of benzene rings is 2. The van der Waals surface area contributed by atoms with Crippen LogP contribution in [0.2, 0.25) is 0 Å². The monoisotopic (exact) mass is 491 g/mol. The van der Waals surface area contributed by atoms with Crippen molar-refractivity contribution < 1.29 is 23.9 Å². The fraction of sp³-hybridized carbons (Fsp3) is 0.464. The fourth-order valence-corrected chi connectivity index (χ4v) is 5.39. The van der Waals surface area contributed by atoms with Crippen molar-refractivity contribution in [2.75, 3.05) is 25.5 Å². The number of anilines is 1. The van der Waals surface area contributed by atoms with Crippen LogP contribution in [-0.4, -0.2) is 66.0 Å². The molecule has 1 N–H and O–H groups in total. The van der Waals surface area contributed by atoms with Crippen LogP contribution in [-0.2, 0) is 27.3 Å². The van der Waals surface area contributed by atoms with Crippen LogP contribution >= 0.6 is 0 Å². The highest BCUT2D eigenvalue weighted by Gasteiger charge is 2.39. The van der Waals surface area contributed by atoms with Crippen LogP contribution in [0.1, 0.15) is 54.1 Å². The van der Waals surface area contributed by atoms with Crippen molar-refractivity contribution in [3.8, 4) is 5.75 Å². The number of hydrogen-bond acceptors (Lipinski definition) is 5. The van der Waals surface area contributed by atoms with Crippen LogP contribution in [0.25, 0.3) is 0 Å². The van der Waals surface area contributed by atoms with Gasteiger partial charge in [0.25, 0.3) is 5.91 Å². The summed E-state index contributed by atoms with van der Waals surface area (Å²) in [6.45, 7) is 3.44. The molecule has 0 spiro atoms. The van der Waals surface area contributed by atoms with E-state index >= 15 is 0 Å². The minimum absolute atomic E-state index is 0.108. The Morgan fingerprint density at radius 2 is 1.92 bits per heavy atom. The van der Waals surface area contributed by atoms with Crippen molar-refractivity contribution in [1.29, 1.82) is 0 Å². The van der Waals surface area contributed by atoms with Crippen molar-refractivity contribution in [2.24, 2.45) is 0 Å². The number of likely N-dealkylation sites (N-methyl/N-ethyl adjacent to an activating group) is 1. The molecule has 3 aliphatic heterocycles. The first kappa shape index (κ1) is 24.3. The van der Waals surface area contributed by atoms with E-state index in [1.54, 1.807) is 37.1 Å². The van der Waals surface area contributed by atoms with E-state index in [4.69, 9.17) is 9.47 Å². The average Bonchev–Trinajstić information content (AvgIpc) is 2.90. The van der Waals surface area contributed by atoms with Crippen molar-refractivity contribution in [3.63, 3.8) is 0 Å². The topological polar surface area (TPSA) is 88.2 Å². The number of nitrogens with one attached hydrogen (secondary N) is 1. The van der Waals surface area contributed by atoms with E-state index in [0.29, 0.717) is 42.8 Å². The summed E-state index contributed by atoms with van der Waals surface area (Å²) in [5.41, 5.74) is 3.53. The smallest absolute Gasteiger partial charge is 0.257 e. The molecule has 3 amide bonds. The molecular weight excluding hydrogens is 458 g/mol. The van der Waals surface area contributed by atoms with E-state index < -0.39 is 0 Å². The number of nitrogens with zero attached hydrogens (tertiary/aromatic N) is 2. The average molecular weight is 492 g/mol. The van der Waals surface area contributed by atoms with Gasteiger partial charge in [0.05, 0.1) is 24.1 Å². The third kappa shape index (κ3) is 4.95. The zero-order chi connectivity index (χ0) is 25.2. The minimum Gasteiger partial charge on any atom is -0.490 e. The number of carbonyl (C=O) groups is 3. The van der Waals surface area contributed by atoms with Gasteiger partial charge in [0.15, 0.2) is 0 Å². The quantitative estimate of drug-likeness (QED) is 0.708. The lowest BCUT2D eigenvalue weighted by molar-refractivity contribution is -0.143. The Balaban J connectivity index is 1.24. The van der Waals surface area contributed by atoms with Gasteiger partial charge >= 0.3 is 0 Å². The molecule has 5 rings (SSSR count). The van der Waals surface area contributed by atoms with Gasteiger partial charge in [0.2, 0.25) is 11.8 Å². The molecule has 0 unspecified atom stereocenters. The van der Waals surface area contributed by atoms with E-state index in [9.17, 15) is 14.4 Å². The lowest BCUT2D eigenvalue weighted by Crippen LogP contribution is -2.54. The summed E-state index contributed by atoms with van der Waals surface area (Å²) in [5, 5.41) is 2.80. The Labute approximate surface area is 211 Å². The van der Waals surface area contributed by atoms with Gasteiger partial charge in [-0.2, -0.15) is 0 Å². The van der Waals surface area contributed by atoms with E-state index in [1.807, 2.05) is 17.0 Å². The SMILES string of the molecule is CCC(=O)Nc1ccc2c(c1)C(=O)N(C)[C@@H]1CC[C@@H](CC(=O)N3CCc4ccccc4C3)O[C@H]1CO2. The summed E-state index contributed by atoms with van der Waals surface area (Å²) in [6.07, 6.45) is 2.49. The fourth-order valence-electron chi connectivity index (χ4n) is 5.39. The van der Waals surface area contributed by atoms with E-state index in [-0.39, 0.29) is 42.6 Å². The first-order valence-corrected chi connectivity index (χ1v) is 12.8. The number of amides is 3. The maximum Gasteiger partial charge on any atom is 0.257 e. The largest absolute Gasteiger partial charge is 0.490 e. The lowest BCUT2D eigenvalue weighted by atomic mass is 9.94. The van der Waals surface area contributed by atoms with Gasteiger partial charge in [0, 0.05) is 32.2 Å². The molecule has 2 aromatic rings. The molecule has 1 saturated heterocycles. The second-order valence-corrected chi connectivity index (χ2v) is 9.82. The van der Waals surface area contributed by atoms with Gasteiger partial charge in [0.1, 0.15) is 18.5 Å². The molecule has 2 aromatic carbocycles. The summed E-state index contributed by atoms with van der Waals surface area (Å²) >= 11 is 0. The van der Waals surface area contributed by atoms with Crippen LogP contribution < -0.4 is 10.1 Å². The zero-order valence-corrected chi connectivity index (χ0v) is 20.9. The Morgan fingerprint density at radius 3 is 2.72 bits per heavy atom. The molecule has 0 radical (unpaired) electrons. The highest BCUT2D eigenvalue weighted by molar-refractivity contribution is 5.99. The number of carbonyl (C=O) groups excluding carboxylic acids is 3. The van der Waals surface area contributed by atoms with Crippen molar-refractivity contribution in [2.45, 2.75) is 63.8 Å². The second-order valence-electron chi connectivity index (χ2n) is 9.82. The van der Waals surface area contributed by atoms with Gasteiger partial charge in [-0.25, -0.2) is 0 Å². The molecular formula is C28H33N3O5. The van der Waals surface area contributed by atoms with Crippen LogP contribution in [0.4, 0.5) is 5.69 Å². The number of hydrogen-bond donors (Lipinski definition) is 1. The van der Waals surface area contributed by atoms with Gasteiger partial charge in [-0.1, -0.05) is 31.2 Å². The highest BCUT2D eigenvalue weighted by atomic mass is 16.5. The summed E-state index contributed by atoms with van der Waals surface area (Å²) in [6, 6.07) is 13.3. The third-order valence-electron chi connectivity index (χ3n) is 7.50. The Bertz CT molecular complexity index is 1170. The maximum atomic E-state index is 13.3. The van der Waals surface area contributed by atoms with Crippen LogP contribution in [0.5, 0.6) is 5.75 Å². The third-order valence-corrected chi connectivity index (χ3v) is 7.50. The first-order chi connectivity index (χ1) is 17.4. The second kappa shape index (κ2) is 10.3. The summed E-state index contributed by atoms with van der Waals surface area (Å²) in [7, 11) is 1.78. The maximum absolute atomic E-state index is 13.3. The lowest BCUT2D eigenvalue weighted by Gasteiger charge is -2.42. The predicted molar refractivity (Wildman–Crippen MR) is 135 cm³/mol. The highest BCUT2D eigenvalue weighted by Crippen LogP contribution is 2.33. The minimum atomic E-state index is -0.319. The Morgan fingerprint density at radius 1 is 1.11 bits per heavy atom. The number of rotatable bonds is 4. The Kier molecular flexibility index (Phi) is 6.96. The molecule has 190 valence electrons. The molecule has 0 aromatic heterocycles. The molecule has 8 heteroatoms. The Hall–Kier alpha value is -3.39. The number of ether oxygens (including phenoxy) is 2. The molecule has 36 heavy (non-hydrogen) atoms. The molecule has 8 nitrogen and oxygen atoms in total. The van der Waals surface area contributed by atoms with E-state index in [2.05, 4.69) is 17.4 Å². The summed E-state index contributed by atoms with van der Waals surface area (Å²) in [5.74, 6) is 0.291. The van der Waals surface area contributed by atoms with Crippen LogP contribution in [0, 0.1) is 0 Å². The molecule has 0 bridgehead atoms. The number of fused-ring (bicyclic) bond motifs is 3. The van der Waals surface area contributed by atoms with Crippen LogP contribution in [0.3, 0.4) is 0 Å². The molecule has 3 atom stereocenters. The molecule has 3 heterocycles. The van der Waals surface area contributed by atoms with Gasteiger partial charge < -0.3 is 24.6 Å². The van der Waals surface area contributed by atoms with E-state index in [0.717, 1.165) is 19.4 Å².